The van der Waals surface area contributed by atoms with Crippen molar-refractivity contribution in [3.8, 4) is 5.75 Å². The van der Waals surface area contributed by atoms with Crippen LogP contribution in [0.3, 0.4) is 0 Å². The molecule has 4 aliphatic carbocycles. The van der Waals surface area contributed by atoms with Crippen LogP contribution < -0.4 is 15.0 Å². The minimum Gasteiger partial charge on any atom is -0.497 e. The van der Waals surface area contributed by atoms with Crippen LogP contribution in [0.2, 0.25) is 0 Å². The topological polar surface area (TPSA) is 85.4 Å². The summed E-state index contributed by atoms with van der Waals surface area (Å²) in [5, 5.41) is 3.12. The number of carbonyl (C=O) groups excluding carboxylic acids is 3. The number of hydrogen-bond donors (Lipinski definition) is 1. The quantitative estimate of drug-likeness (QED) is 0.418. The molecule has 252 valence electrons. The molecule has 8 rings (SSSR count). The zero-order chi connectivity index (χ0) is 32.7. The minimum atomic E-state index is -0.231. The molecule has 9 heteroatoms. The molecule has 0 aromatic heterocycles. The largest absolute Gasteiger partial charge is 0.497 e. The first kappa shape index (κ1) is 32.0. The van der Waals surface area contributed by atoms with Crippen LogP contribution >= 0.6 is 0 Å². The maximum Gasteiger partial charge on any atom is 0.255 e. The van der Waals surface area contributed by atoms with Crippen LogP contribution in [0.15, 0.2) is 42.5 Å². The number of rotatable bonds is 8. The summed E-state index contributed by atoms with van der Waals surface area (Å²) in [5.41, 5.74) is 2.86. The highest BCUT2D eigenvalue weighted by Crippen LogP contribution is 2.61. The third-order valence-corrected chi connectivity index (χ3v) is 11.8. The molecule has 0 unspecified atom stereocenters. The van der Waals surface area contributed by atoms with Gasteiger partial charge in [-0.2, -0.15) is 0 Å². The van der Waals surface area contributed by atoms with Crippen molar-refractivity contribution in [2.45, 2.75) is 64.8 Å². The molecule has 2 saturated heterocycles. The molecule has 2 heterocycles. The van der Waals surface area contributed by atoms with Crippen molar-refractivity contribution in [2.75, 3.05) is 69.7 Å². The number of benzene rings is 2. The van der Waals surface area contributed by atoms with Crippen molar-refractivity contribution in [3.05, 3.63) is 53.6 Å². The Morgan fingerprint density at radius 2 is 1.36 bits per heavy atom. The predicted octanol–water partition coefficient (Wildman–Crippen LogP) is 5.37. The van der Waals surface area contributed by atoms with Crippen molar-refractivity contribution in [3.63, 3.8) is 0 Å². The Morgan fingerprint density at radius 3 is 1.94 bits per heavy atom. The van der Waals surface area contributed by atoms with Crippen molar-refractivity contribution >= 4 is 29.1 Å². The first-order chi connectivity index (χ1) is 22.7. The van der Waals surface area contributed by atoms with Gasteiger partial charge in [0.1, 0.15) is 5.75 Å². The van der Waals surface area contributed by atoms with Crippen molar-refractivity contribution in [1.82, 2.24) is 14.7 Å². The third-order valence-electron chi connectivity index (χ3n) is 11.8. The van der Waals surface area contributed by atoms with Gasteiger partial charge >= 0.3 is 0 Å². The van der Waals surface area contributed by atoms with Gasteiger partial charge in [-0.15, -0.1) is 0 Å². The molecule has 0 spiro atoms. The Kier molecular flexibility index (Phi) is 8.94. The van der Waals surface area contributed by atoms with Gasteiger partial charge in [-0.05, 0) is 118 Å². The number of piperazine rings is 2. The molecule has 2 aromatic carbocycles. The lowest BCUT2D eigenvalue weighted by Crippen LogP contribution is -2.53. The highest BCUT2D eigenvalue weighted by Gasteiger charge is 2.51. The Bertz CT molecular complexity index is 1440. The van der Waals surface area contributed by atoms with Crippen molar-refractivity contribution in [2.24, 2.45) is 23.2 Å². The summed E-state index contributed by atoms with van der Waals surface area (Å²) in [4.78, 5) is 49.4. The zero-order valence-electron chi connectivity index (χ0n) is 28.4. The normalized spacial score (nSPS) is 27.3. The van der Waals surface area contributed by atoms with Gasteiger partial charge in [-0.3, -0.25) is 19.3 Å². The molecule has 0 radical (unpaired) electrons. The van der Waals surface area contributed by atoms with Gasteiger partial charge in [-0.25, -0.2) is 0 Å². The van der Waals surface area contributed by atoms with E-state index in [-0.39, 0.29) is 23.1 Å². The summed E-state index contributed by atoms with van der Waals surface area (Å²) in [6, 6.07) is 13.2. The molecule has 1 N–H and O–H groups in total. The van der Waals surface area contributed by atoms with E-state index in [0.29, 0.717) is 61.2 Å². The summed E-state index contributed by atoms with van der Waals surface area (Å²) in [7, 11) is 1.60. The molecule has 4 saturated carbocycles. The number of amides is 3. The van der Waals surface area contributed by atoms with E-state index in [1.807, 2.05) is 28.0 Å². The summed E-state index contributed by atoms with van der Waals surface area (Å²) < 4.78 is 5.26. The molecule has 6 fully saturated rings. The average molecular weight is 642 g/mol. The first-order valence-electron chi connectivity index (χ1n) is 17.8. The van der Waals surface area contributed by atoms with E-state index in [1.165, 1.54) is 38.5 Å². The number of carbonyl (C=O) groups is 3. The maximum absolute atomic E-state index is 13.8. The lowest BCUT2D eigenvalue weighted by atomic mass is 9.49. The van der Waals surface area contributed by atoms with Crippen LogP contribution in [0.4, 0.5) is 11.4 Å². The Hall–Kier alpha value is -3.59. The zero-order valence-corrected chi connectivity index (χ0v) is 28.4. The molecule has 3 amide bonds. The monoisotopic (exact) mass is 641 g/mol. The van der Waals surface area contributed by atoms with E-state index >= 15 is 0 Å². The predicted molar refractivity (Wildman–Crippen MR) is 184 cm³/mol. The van der Waals surface area contributed by atoms with Crippen LogP contribution in [-0.2, 0) is 4.79 Å². The SMILES string of the molecule is COc1ccc(C(=O)Nc2cc(C(=O)N3CCN(C(=O)CC45CC6CC(CC(C6)C4)C5)CC3)ccc2N2CCN(C(C)C)CC2)cc1. The standard InChI is InChI=1S/C38H51N5O4/c1-26(2)40-10-12-41(13-11-40)34-9-6-31(21-33(34)39-36(45)30-4-7-32(47-3)8-5-30)37(46)43-16-14-42(15-17-43)35(44)25-38-22-27-18-28(23-38)20-29(19-27)24-38/h4-9,21,26-29H,10-20,22-25H2,1-3H3,(H,39,45). The maximum atomic E-state index is 13.8. The highest BCUT2D eigenvalue weighted by atomic mass is 16.5. The van der Waals surface area contributed by atoms with Gasteiger partial charge < -0.3 is 24.8 Å². The average Bonchev–Trinajstić information content (AvgIpc) is 3.07. The molecular formula is C38H51N5O4. The molecule has 6 aliphatic rings. The van der Waals surface area contributed by atoms with Gasteiger partial charge in [0.05, 0.1) is 18.5 Å². The molecule has 47 heavy (non-hydrogen) atoms. The van der Waals surface area contributed by atoms with Gasteiger partial charge in [0.25, 0.3) is 11.8 Å². The number of nitrogens with one attached hydrogen (secondary N) is 1. The van der Waals surface area contributed by atoms with Gasteiger partial charge in [0.15, 0.2) is 0 Å². The Labute approximate surface area is 279 Å². The summed E-state index contributed by atoms with van der Waals surface area (Å²) in [6.45, 7) is 10.2. The summed E-state index contributed by atoms with van der Waals surface area (Å²) in [5.74, 6) is 3.19. The number of hydrogen-bond acceptors (Lipinski definition) is 6. The van der Waals surface area contributed by atoms with Crippen LogP contribution in [0.5, 0.6) is 5.75 Å². The van der Waals surface area contributed by atoms with Crippen molar-refractivity contribution in [1.29, 1.82) is 0 Å². The van der Waals surface area contributed by atoms with Crippen LogP contribution in [0.25, 0.3) is 0 Å². The number of methoxy groups -OCH3 is 1. The minimum absolute atomic E-state index is 0.0608. The Balaban J connectivity index is 1.02. The fraction of sp³-hybridized carbons (Fsp3) is 0.605. The van der Waals surface area contributed by atoms with E-state index in [0.717, 1.165) is 49.6 Å². The summed E-state index contributed by atoms with van der Waals surface area (Å²) in [6.07, 6.45) is 8.57. The van der Waals surface area contributed by atoms with E-state index in [1.54, 1.807) is 31.4 Å². The van der Waals surface area contributed by atoms with Crippen LogP contribution in [0.1, 0.15) is 79.5 Å². The van der Waals surface area contributed by atoms with Gasteiger partial charge in [0.2, 0.25) is 5.91 Å². The van der Waals surface area contributed by atoms with E-state index in [9.17, 15) is 14.4 Å². The second-order valence-corrected chi connectivity index (χ2v) is 15.3. The van der Waals surface area contributed by atoms with Gasteiger partial charge in [0, 0.05) is 75.9 Å². The van der Waals surface area contributed by atoms with E-state index < -0.39 is 0 Å². The number of nitrogens with zero attached hydrogens (tertiary/aromatic N) is 4. The lowest BCUT2D eigenvalue weighted by molar-refractivity contribution is -0.141. The second kappa shape index (κ2) is 13.1. The summed E-state index contributed by atoms with van der Waals surface area (Å²) >= 11 is 0. The molecule has 2 aromatic rings. The lowest BCUT2D eigenvalue weighted by Gasteiger charge is -2.57. The third kappa shape index (κ3) is 6.73. The fourth-order valence-corrected chi connectivity index (χ4v) is 9.74. The van der Waals surface area contributed by atoms with Crippen LogP contribution in [0, 0.1) is 23.2 Å². The number of ether oxygens (including phenoxy) is 1. The molecule has 2 aliphatic heterocycles. The van der Waals surface area contributed by atoms with E-state index in [4.69, 9.17) is 4.74 Å². The van der Waals surface area contributed by atoms with Gasteiger partial charge in [-0.1, -0.05) is 0 Å². The second-order valence-electron chi connectivity index (χ2n) is 15.3. The molecular weight excluding hydrogens is 590 g/mol. The van der Waals surface area contributed by atoms with Crippen molar-refractivity contribution < 1.29 is 19.1 Å². The first-order valence-corrected chi connectivity index (χ1v) is 17.8. The fourth-order valence-electron chi connectivity index (χ4n) is 9.74. The van der Waals surface area contributed by atoms with Crippen LogP contribution in [-0.4, -0.2) is 97.9 Å². The Morgan fingerprint density at radius 1 is 0.787 bits per heavy atom. The van der Waals surface area contributed by atoms with E-state index in [2.05, 4.69) is 29.0 Å². The number of anilines is 2. The molecule has 0 atom stereocenters. The smallest absolute Gasteiger partial charge is 0.255 e. The highest BCUT2D eigenvalue weighted by molar-refractivity contribution is 6.07. The molecule has 9 nitrogen and oxygen atoms in total. The molecule has 4 bridgehead atoms.